The lowest BCUT2D eigenvalue weighted by atomic mass is 9.70. The lowest BCUT2D eigenvalue weighted by Gasteiger charge is -2.34. The molecule has 1 aromatic rings. The van der Waals surface area contributed by atoms with Crippen molar-refractivity contribution in [2.75, 3.05) is 0 Å². The number of ketones is 2. The summed E-state index contributed by atoms with van der Waals surface area (Å²) in [6.07, 6.45) is 7.10. The summed E-state index contributed by atoms with van der Waals surface area (Å²) in [6.45, 7) is 10.7. The van der Waals surface area contributed by atoms with Crippen LogP contribution in [0, 0.1) is 11.8 Å². The molecule has 0 radical (unpaired) electrons. The molecule has 4 heteroatoms. The first kappa shape index (κ1) is 23.8. The van der Waals surface area contributed by atoms with Crippen molar-refractivity contribution in [3.63, 3.8) is 0 Å². The minimum Gasteiger partial charge on any atom is -0.504 e. The molecule has 2 N–H and O–H groups in total. The Balaban J connectivity index is 2.00. The number of rotatable bonds is 9. The summed E-state index contributed by atoms with van der Waals surface area (Å²) in [4.78, 5) is 27.1. The van der Waals surface area contributed by atoms with Crippen molar-refractivity contribution in [2.24, 2.45) is 11.8 Å². The molecule has 4 nitrogen and oxygen atoms in total. The lowest BCUT2D eigenvalue weighted by Crippen LogP contribution is -2.36. The van der Waals surface area contributed by atoms with Gasteiger partial charge in [0.25, 0.3) is 0 Å². The standard InChI is InChI=1S/C28H35NO3/c1-5-6-8-13-22-25(29-17-20-11-9-7-10-12-20)27(31)24(28(32)26(22)30)23-16-19(4)14-15-21(23)18(2)3/h7,9-12,16,21,23,29,32H,2,5-6,8,13-15,17H2,1,3-4H3. The zero-order valence-electron chi connectivity index (χ0n) is 19.5. The second kappa shape index (κ2) is 10.6. The summed E-state index contributed by atoms with van der Waals surface area (Å²) in [6, 6.07) is 9.82. The van der Waals surface area contributed by atoms with E-state index in [1.54, 1.807) is 0 Å². The monoisotopic (exact) mass is 433 g/mol. The Morgan fingerprint density at radius 1 is 1.16 bits per heavy atom. The number of aliphatic hydroxyl groups is 1. The molecular weight excluding hydrogens is 398 g/mol. The quantitative estimate of drug-likeness (QED) is 0.280. The van der Waals surface area contributed by atoms with E-state index in [0.717, 1.165) is 43.2 Å². The van der Waals surface area contributed by atoms with Gasteiger partial charge in [0.15, 0.2) is 5.76 Å². The van der Waals surface area contributed by atoms with E-state index in [4.69, 9.17) is 0 Å². The van der Waals surface area contributed by atoms with Crippen LogP contribution in [0.1, 0.15) is 64.9 Å². The predicted molar refractivity (Wildman–Crippen MR) is 129 cm³/mol. The van der Waals surface area contributed by atoms with Gasteiger partial charge in [-0.05, 0) is 51.0 Å². The second-order valence-corrected chi connectivity index (χ2v) is 9.10. The van der Waals surface area contributed by atoms with Crippen molar-refractivity contribution in [1.29, 1.82) is 0 Å². The summed E-state index contributed by atoms with van der Waals surface area (Å²) in [5, 5.41) is 14.2. The van der Waals surface area contributed by atoms with Crippen molar-refractivity contribution < 1.29 is 14.7 Å². The fraction of sp³-hybridized carbons (Fsp3) is 0.429. The Labute approximate surface area is 191 Å². The number of nitrogens with one attached hydrogen (secondary N) is 1. The van der Waals surface area contributed by atoms with Crippen molar-refractivity contribution in [3.05, 3.63) is 82.3 Å². The first-order valence-electron chi connectivity index (χ1n) is 11.7. The van der Waals surface area contributed by atoms with Crippen molar-refractivity contribution in [1.82, 2.24) is 5.32 Å². The van der Waals surface area contributed by atoms with Gasteiger partial charge in [0, 0.05) is 18.0 Å². The van der Waals surface area contributed by atoms with E-state index in [0.29, 0.717) is 24.2 Å². The van der Waals surface area contributed by atoms with Crippen LogP contribution in [0.2, 0.25) is 0 Å². The molecule has 170 valence electrons. The van der Waals surface area contributed by atoms with Gasteiger partial charge in [0.05, 0.1) is 11.3 Å². The fourth-order valence-electron chi connectivity index (χ4n) is 4.74. The van der Waals surface area contributed by atoms with Crippen LogP contribution < -0.4 is 5.32 Å². The van der Waals surface area contributed by atoms with Crippen LogP contribution in [0.3, 0.4) is 0 Å². The van der Waals surface area contributed by atoms with Gasteiger partial charge < -0.3 is 10.4 Å². The number of hydrogen-bond donors (Lipinski definition) is 2. The maximum atomic E-state index is 13.8. The average Bonchev–Trinajstić information content (AvgIpc) is 2.77. The number of aliphatic hydroxyl groups excluding tert-OH is 1. The van der Waals surface area contributed by atoms with Gasteiger partial charge in [-0.3, -0.25) is 9.59 Å². The van der Waals surface area contributed by atoms with Crippen molar-refractivity contribution in [2.45, 2.75) is 65.8 Å². The first-order valence-corrected chi connectivity index (χ1v) is 11.7. The molecule has 2 aliphatic carbocycles. The molecule has 1 aromatic carbocycles. The average molecular weight is 434 g/mol. The van der Waals surface area contributed by atoms with Crippen LogP contribution in [-0.2, 0) is 16.1 Å². The Hall–Kier alpha value is -2.88. The number of Topliss-reactive ketones (excluding diaryl/α,β-unsaturated/α-hetero) is 2. The normalized spacial score (nSPS) is 21.7. The zero-order chi connectivity index (χ0) is 23.3. The van der Waals surface area contributed by atoms with Crippen LogP contribution in [0.4, 0.5) is 0 Å². The number of hydrogen-bond acceptors (Lipinski definition) is 4. The molecule has 0 bridgehead atoms. The molecule has 2 unspecified atom stereocenters. The van der Waals surface area contributed by atoms with Gasteiger partial charge in [0.2, 0.25) is 11.6 Å². The summed E-state index contributed by atoms with van der Waals surface area (Å²) < 4.78 is 0. The number of allylic oxidation sites excluding steroid dienone is 5. The topological polar surface area (TPSA) is 66.4 Å². The van der Waals surface area contributed by atoms with Crippen LogP contribution >= 0.6 is 0 Å². The second-order valence-electron chi connectivity index (χ2n) is 9.10. The van der Waals surface area contributed by atoms with Gasteiger partial charge in [0.1, 0.15) is 0 Å². The van der Waals surface area contributed by atoms with E-state index in [-0.39, 0.29) is 29.0 Å². The third-order valence-electron chi connectivity index (χ3n) is 6.57. The highest BCUT2D eigenvalue weighted by atomic mass is 16.3. The molecule has 0 saturated heterocycles. The molecular formula is C28H35NO3. The molecule has 2 atom stereocenters. The summed E-state index contributed by atoms with van der Waals surface area (Å²) in [5.41, 5.74) is 4.14. The zero-order valence-corrected chi connectivity index (χ0v) is 19.5. The number of carbonyl (C=O) groups is 2. The van der Waals surface area contributed by atoms with E-state index in [1.807, 2.05) is 50.3 Å². The number of unbranched alkanes of at least 4 members (excludes halogenated alkanes) is 2. The van der Waals surface area contributed by atoms with E-state index in [1.165, 1.54) is 5.57 Å². The summed E-state index contributed by atoms with van der Waals surface area (Å²) in [5.74, 6) is -1.35. The highest BCUT2D eigenvalue weighted by Crippen LogP contribution is 2.41. The number of carbonyl (C=O) groups excluding carboxylic acids is 2. The molecule has 32 heavy (non-hydrogen) atoms. The molecule has 2 aliphatic rings. The van der Waals surface area contributed by atoms with E-state index in [9.17, 15) is 14.7 Å². The Bertz CT molecular complexity index is 981. The maximum absolute atomic E-state index is 13.8. The number of benzene rings is 1. The minimum atomic E-state index is -0.414. The van der Waals surface area contributed by atoms with Crippen LogP contribution in [0.5, 0.6) is 0 Å². The highest BCUT2D eigenvalue weighted by molar-refractivity contribution is 6.24. The molecule has 0 saturated carbocycles. The third kappa shape index (κ3) is 5.12. The predicted octanol–water partition coefficient (Wildman–Crippen LogP) is 6.12. The molecule has 3 rings (SSSR count). The van der Waals surface area contributed by atoms with Gasteiger partial charge >= 0.3 is 0 Å². The minimum absolute atomic E-state index is 0.0321. The fourth-order valence-corrected chi connectivity index (χ4v) is 4.74. The molecule has 0 fully saturated rings. The van der Waals surface area contributed by atoms with E-state index >= 15 is 0 Å². The van der Waals surface area contributed by atoms with Crippen molar-refractivity contribution in [3.8, 4) is 0 Å². The third-order valence-corrected chi connectivity index (χ3v) is 6.57. The van der Waals surface area contributed by atoms with Crippen LogP contribution in [-0.4, -0.2) is 16.7 Å². The van der Waals surface area contributed by atoms with E-state index < -0.39 is 5.78 Å². The molecule has 0 aromatic heterocycles. The molecule has 0 heterocycles. The van der Waals surface area contributed by atoms with E-state index in [2.05, 4.69) is 18.8 Å². The van der Waals surface area contributed by atoms with Crippen LogP contribution in [0.25, 0.3) is 0 Å². The van der Waals surface area contributed by atoms with Gasteiger partial charge in [-0.1, -0.05) is 73.9 Å². The molecule has 0 aliphatic heterocycles. The summed E-state index contributed by atoms with van der Waals surface area (Å²) >= 11 is 0. The smallest absolute Gasteiger partial charge is 0.225 e. The van der Waals surface area contributed by atoms with Gasteiger partial charge in [-0.2, -0.15) is 0 Å². The largest absolute Gasteiger partial charge is 0.504 e. The Morgan fingerprint density at radius 2 is 1.88 bits per heavy atom. The molecule has 0 amide bonds. The summed E-state index contributed by atoms with van der Waals surface area (Å²) in [7, 11) is 0. The molecule has 0 spiro atoms. The highest BCUT2D eigenvalue weighted by Gasteiger charge is 2.40. The maximum Gasteiger partial charge on any atom is 0.225 e. The lowest BCUT2D eigenvalue weighted by molar-refractivity contribution is -0.119. The van der Waals surface area contributed by atoms with Crippen LogP contribution in [0.15, 0.2) is 76.7 Å². The first-order chi connectivity index (χ1) is 15.3. The SMILES string of the molecule is C=C(C)C1CCC(C)=CC1C1=C(O)C(=O)C(CCCCC)=C(NCc2ccccc2)C1=O. The van der Waals surface area contributed by atoms with Gasteiger partial charge in [-0.15, -0.1) is 0 Å². The van der Waals surface area contributed by atoms with Gasteiger partial charge in [-0.25, -0.2) is 0 Å². The Morgan fingerprint density at radius 3 is 2.53 bits per heavy atom. The Kier molecular flexibility index (Phi) is 7.89. The van der Waals surface area contributed by atoms with Crippen molar-refractivity contribution >= 4 is 11.6 Å².